The number of hydrogen-bond acceptors (Lipinski definition) is 10. The molecule has 2 aromatic heterocycles. The van der Waals surface area contributed by atoms with Crippen LogP contribution in [0.5, 0.6) is 6.01 Å². The van der Waals surface area contributed by atoms with Crippen molar-refractivity contribution in [2.24, 2.45) is 5.92 Å². The van der Waals surface area contributed by atoms with Crippen molar-refractivity contribution in [3.05, 3.63) is 40.4 Å². The molecule has 1 spiro atoms. The van der Waals surface area contributed by atoms with Crippen molar-refractivity contribution in [1.29, 1.82) is 5.26 Å². The van der Waals surface area contributed by atoms with Gasteiger partial charge in [-0.05, 0) is 68.7 Å². The lowest BCUT2D eigenvalue weighted by atomic mass is 9.83. The van der Waals surface area contributed by atoms with Crippen LogP contribution in [0, 0.1) is 28.9 Å². The molecule has 5 aliphatic heterocycles. The standard InChI is InChI=1S/C37H36ClF3N8O2S/c38-23-12-21-29(27(41)26(23)20-4-5-24(40)31-25(20)22(14-42)32(43)52-31)45-35(51-17-37-6-1-9-48(37)15-19(39)13-37)46-33(21)47-10-7-36(16-47)8-11-49(36)34(50)30-28(44-30)18-2-3-18/h4-5,12,18-19,28,30,44H,1-3,6-11,13,15-17,43H2/t19-,28+,30-,36?,37+/m1/s1. The monoisotopic (exact) mass is 748 g/mol. The molecule has 1 amide bonds. The van der Waals surface area contributed by atoms with Gasteiger partial charge in [0.2, 0.25) is 5.91 Å². The molecule has 1 saturated carbocycles. The number of nitrogens with zero attached hydrogens (tertiary/aromatic N) is 6. The number of fused-ring (bicyclic) bond motifs is 3. The Kier molecular flexibility index (Phi) is 7.27. The number of nitrogens with one attached hydrogen (secondary N) is 1. The molecule has 10 nitrogen and oxygen atoms in total. The third-order valence-corrected chi connectivity index (χ3v) is 13.9. The number of aromatic nitrogens is 2. The average Bonchev–Trinajstić information content (AvgIpc) is 3.95. The SMILES string of the molecule is N#Cc1c(N)sc2c(F)ccc(-c3c(Cl)cc4c(N5CCC6(CCN6C(=O)[C@@H]6N[C@H]6C6CC6)C5)nc(OC[C@@]56CCCN5C[C@H](F)C6)nc4c3F)c12. The second-order valence-corrected chi connectivity index (χ2v) is 17.0. The summed E-state index contributed by atoms with van der Waals surface area (Å²) in [7, 11) is 0. The Morgan fingerprint density at radius 3 is 2.79 bits per heavy atom. The summed E-state index contributed by atoms with van der Waals surface area (Å²) in [5, 5.41) is 14.0. The van der Waals surface area contributed by atoms with Crippen LogP contribution < -0.4 is 20.7 Å². The summed E-state index contributed by atoms with van der Waals surface area (Å²) >= 11 is 7.84. The number of carbonyl (C=O) groups excluding carboxylic acids is 1. The molecule has 1 aliphatic carbocycles. The summed E-state index contributed by atoms with van der Waals surface area (Å²) in [4.78, 5) is 29.3. The van der Waals surface area contributed by atoms with Gasteiger partial charge in [0.15, 0.2) is 5.82 Å². The van der Waals surface area contributed by atoms with E-state index >= 15 is 4.39 Å². The van der Waals surface area contributed by atoms with E-state index in [1.807, 2.05) is 11.0 Å². The highest BCUT2D eigenvalue weighted by atomic mass is 35.5. The minimum atomic E-state index is -0.949. The number of likely N-dealkylation sites (tertiary alicyclic amines) is 1. The quantitative estimate of drug-likeness (QED) is 0.226. The summed E-state index contributed by atoms with van der Waals surface area (Å²) in [5.41, 5.74) is 5.44. The number of thiophene rings is 1. The summed E-state index contributed by atoms with van der Waals surface area (Å²) in [5.74, 6) is -0.166. The first kappa shape index (κ1) is 32.7. The van der Waals surface area contributed by atoms with E-state index in [2.05, 4.69) is 20.1 Å². The number of nitrogens with two attached hydrogens (primary N) is 1. The van der Waals surface area contributed by atoms with E-state index in [-0.39, 0.29) is 78.5 Å². The van der Waals surface area contributed by atoms with E-state index in [9.17, 15) is 18.8 Å². The Hall–Kier alpha value is -3.90. The predicted molar refractivity (Wildman–Crippen MR) is 192 cm³/mol. The molecule has 6 fully saturated rings. The maximum atomic E-state index is 17.2. The largest absolute Gasteiger partial charge is 0.461 e. The van der Waals surface area contributed by atoms with Crippen LogP contribution >= 0.6 is 22.9 Å². The fourth-order valence-corrected chi connectivity index (χ4v) is 10.9. The number of nitriles is 1. The van der Waals surface area contributed by atoms with Crippen LogP contribution in [0.4, 0.5) is 24.0 Å². The molecule has 270 valence electrons. The van der Waals surface area contributed by atoms with Crippen LogP contribution in [0.15, 0.2) is 18.2 Å². The lowest BCUT2D eigenvalue weighted by Gasteiger charge is -2.50. The first-order valence-corrected chi connectivity index (χ1v) is 19.2. The zero-order valence-corrected chi connectivity index (χ0v) is 29.8. The second kappa shape index (κ2) is 11.5. The van der Waals surface area contributed by atoms with E-state index in [0.29, 0.717) is 49.7 Å². The summed E-state index contributed by atoms with van der Waals surface area (Å²) in [6.07, 6.45) is 5.05. The molecular formula is C37H36ClF3N8O2S. The topological polar surface area (TPSA) is 134 Å². The Bertz CT molecular complexity index is 2250. The number of benzene rings is 2. The van der Waals surface area contributed by atoms with E-state index in [4.69, 9.17) is 27.1 Å². The molecule has 15 heteroatoms. The zero-order chi connectivity index (χ0) is 35.7. The number of amides is 1. The van der Waals surface area contributed by atoms with Crippen molar-refractivity contribution in [2.45, 2.75) is 74.3 Å². The molecule has 6 aliphatic rings. The van der Waals surface area contributed by atoms with E-state index in [1.165, 1.54) is 25.0 Å². The summed E-state index contributed by atoms with van der Waals surface area (Å²) in [6.45, 7) is 3.07. The third kappa shape index (κ3) is 4.85. The average molecular weight is 749 g/mol. The van der Waals surface area contributed by atoms with Gasteiger partial charge in [-0.3, -0.25) is 15.0 Å². The van der Waals surface area contributed by atoms with Crippen LogP contribution in [0.2, 0.25) is 5.02 Å². The lowest BCUT2D eigenvalue weighted by Crippen LogP contribution is -2.64. The number of carbonyl (C=O) groups is 1. The molecule has 5 saturated heterocycles. The fourth-order valence-electron chi connectivity index (χ4n) is 9.62. The van der Waals surface area contributed by atoms with Gasteiger partial charge in [-0.25, -0.2) is 13.2 Å². The first-order chi connectivity index (χ1) is 25.1. The molecule has 0 radical (unpaired) electrons. The van der Waals surface area contributed by atoms with Crippen LogP contribution in [0.1, 0.15) is 50.5 Å². The minimum Gasteiger partial charge on any atom is -0.461 e. The molecule has 10 rings (SSSR count). The van der Waals surface area contributed by atoms with Gasteiger partial charge in [-0.1, -0.05) is 17.7 Å². The number of anilines is 2. The van der Waals surface area contributed by atoms with Crippen LogP contribution in [0.25, 0.3) is 32.1 Å². The molecule has 3 N–H and O–H groups in total. The molecule has 0 bridgehead atoms. The van der Waals surface area contributed by atoms with Gasteiger partial charge < -0.3 is 20.3 Å². The third-order valence-electron chi connectivity index (χ3n) is 12.6. The van der Waals surface area contributed by atoms with E-state index < -0.39 is 23.3 Å². The number of nitrogen functional groups attached to an aromatic ring is 1. The summed E-state index contributed by atoms with van der Waals surface area (Å²) < 4.78 is 53.2. The molecule has 1 unspecified atom stereocenters. The van der Waals surface area contributed by atoms with Gasteiger partial charge in [-0.2, -0.15) is 15.2 Å². The number of ether oxygens (including phenoxy) is 1. The van der Waals surface area contributed by atoms with Crippen LogP contribution in [0.3, 0.4) is 0 Å². The first-order valence-electron chi connectivity index (χ1n) is 18.0. The lowest BCUT2D eigenvalue weighted by molar-refractivity contribution is -0.145. The van der Waals surface area contributed by atoms with Gasteiger partial charge in [0.1, 0.15) is 47.0 Å². The minimum absolute atomic E-state index is 0.0331. The molecular weight excluding hydrogens is 713 g/mol. The Morgan fingerprint density at radius 1 is 1.19 bits per heavy atom. The van der Waals surface area contributed by atoms with Gasteiger partial charge in [0.25, 0.3) is 0 Å². The highest BCUT2D eigenvalue weighted by Gasteiger charge is 2.58. The van der Waals surface area contributed by atoms with Gasteiger partial charge in [0.05, 0.1) is 26.4 Å². The Morgan fingerprint density at radius 2 is 2.02 bits per heavy atom. The molecule has 5 atom stereocenters. The normalized spacial score (nSPS) is 29.6. The number of rotatable bonds is 7. The highest BCUT2D eigenvalue weighted by molar-refractivity contribution is 7.23. The van der Waals surface area contributed by atoms with Crippen LogP contribution in [-0.4, -0.2) is 94.3 Å². The summed E-state index contributed by atoms with van der Waals surface area (Å²) in [6, 6.07) is 6.38. The van der Waals surface area contributed by atoms with Crippen molar-refractivity contribution in [1.82, 2.24) is 25.1 Å². The van der Waals surface area contributed by atoms with E-state index in [1.54, 1.807) is 6.07 Å². The predicted octanol–water partition coefficient (Wildman–Crippen LogP) is 5.78. The number of hydrogen-bond donors (Lipinski definition) is 2. The molecule has 4 aromatic rings. The van der Waals surface area contributed by atoms with Gasteiger partial charge in [0, 0.05) is 55.0 Å². The van der Waals surface area contributed by atoms with Crippen LogP contribution in [-0.2, 0) is 4.79 Å². The maximum absolute atomic E-state index is 17.2. The maximum Gasteiger partial charge on any atom is 0.319 e. The van der Waals surface area contributed by atoms with E-state index in [0.717, 1.165) is 43.6 Å². The number of halogens is 4. The molecule has 7 heterocycles. The van der Waals surface area contributed by atoms with Crippen molar-refractivity contribution < 1.29 is 22.7 Å². The molecule has 2 aromatic carbocycles. The van der Waals surface area contributed by atoms with Crippen molar-refractivity contribution in [2.75, 3.05) is 50.0 Å². The fraction of sp³-hybridized carbons (Fsp3) is 0.514. The van der Waals surface area contributed by atoms with Crippen molar-refractivity contribution >= 4 is 60.7 Å². The second-order valence-electron chi connectivity index (χ2n) is 15.5. The zero-order valence-electron chi connectivity index (χ0n) is 28.2. The highest BCUT2D eigenvalue weighted by Crippen LogP contribution is 2.49. The van der Waals surface area contributed by atoms with Crippen molar-refractivity contribution in [3.63, 3.8) is 0 Å². The number of alkyl halides is 1. The smallest absolute Gasteiger partial charge is 0.319 e. The Balaban J connectivity index is 1.06. The van der Waals surface area contributed by atoms with Gasteiger partial charge in [-0.15, -0.1) is 11.3 Å². The van der Waals surface area contributed by atoms with Crippen molar-refractivity contribution in [3.8, 4) is 23.2 Å². The molecule has 52 heavy (non-hydrogen) atoms. The van der Waals surface area contributed by atoms with Gasteiger partial charge >= 0.3 is 6.01 Å². The Labute approximate surface area is 306 Å².